The van der Waals surface area contributed by atoms with Crippen molar-refractivity contribution in [3.63, 3.8) is 0 Å². The first-order chi connectivity index (χ1) is 15.2. The molecule has 1 N–H and O–H groups in total. The summed E-state index contributed by atoms with van der Waals surface area (Å²) in [5.41, 5.74) is 2.27. The van der Waals surface area contributed by atoms with Gasteiger partial charge in [0, 0.05) is 36.8 Å². The van der Waals surface area contributed by atoms with Gasteiger partial charge >= 0.3 is 0 Å². The Bertz CT molecular complexity index is 1410. The summed E-state index contributed by atoms with van der Waals surface area (Å²) >= 11 is 0. The fraction of sp³-hybridized carbons (Fsp3) is 0.227. The Morgan fingerprint density at radius 2 is 1.91 bits per heavy atom. The van der Waals surface area contributed by atoms with Crippen molar-refractivity contribution < 1.29 is 17.6 Å². The molecule has 0 aliphatic heterocycles. The molecular weight excluding hydrogens is 433 g/mol. The number of benzene rings is 1. The summed E-state index contributed by atoms with van der Waals surface area (Å²) in [5, 5.41) is 7.91. The highest BCUT2D eigenvalue weighted by Crippen LogP contribution is 2.25. The minimum absolute atomic E-state index is 0.201. The van der Waals surface area contributed by atoms with Gasteiger partial charge in [0.15, 0.2) is 9.84 Å². The van der Waals surface area contributed by atoms with E-state index in [9.17, 15) is 17.6 Å². The summed E-state index contributed by atoms with van der Waals surface area (Å²) in [4.78, 5) is 17.5. The fourth-order valence-electron chi connectivity index (χ4n) is 3.63. The zero-order valence-corrected chi connectivity index (χ0v) is 18.6. The lowest BCUT2D eigenvalue weighted by atomic mass is 10.1. The predicted octanol–water partition coefficient (Wildman–Crippen LogP) is 3.18. The maximum atomic E-state index is 13.3. The monoisotopic (exact) mass is 455 g/mol. The van der Waals surface area contributed by atoms with Gasteiger partial charge in [-0.1, -0.05) is 6.92 Å². The van der Waals surface area contributed by atoms with Crippen molar-refractivity contribution in [2.24, 2.45) is 7.05 Å². The summed E-state index contributed by atoms with van der Waals surface area (Å²) in [6, 6.07) is 7.04. The molecule has 1 atom stereocenters. The van der Waals surface area contributed by atoms with E-state index in [0.29, 0.717) is 34.3 Å². The number of aromatic nitrogens is 4. The molecule has 0 radical (unpaired) electrons. The zero-order valence-electron chi connectivity index (χ0n) is 17.8. The maximum absolute atomic E-state index is 13.3. The van der Waals surface area contributed by atoms with E-state index in [0.717, 1.165) is 6.26 Å². The van der Waals surface area contributed by atoms with Crippen LogP contribution < -0.4 is 5.32 Å². The summed E-state index contributed by atoms with van der Waals surface area (Å²) in [7, 11) is -1.62. The number of fused-ring (bicyclic) bond motifs is 1. The van der Waals surface area contributed by atoms with E-state index in [1.165, 1.54) is 24.5 Å². The molecule has 0 saturated heterocycles. The summed E-state index contributed by atoms with van der Waals surface area (Å²) < 4.78 is 40.4. The third-order valence-corrected chi connectivity index (χ3v) is 6.41. The first-order valence-electron chi connectivity index (χ1n) is 9.94. The highest BCUT2D eigenvalue weighted by atomic mass is 32.2. The van der Waals surface area contributed by atoms with Crippen molar-refractivity contribution in [2.75, 3.05) is 6.26 Å². The summed E-state index contributed by atoms with van der Waals surface area (Å²) in [6.45, 7) is 1.91. The molecule has 8 nitrogen and oxygen atoms in total. The van der Waals surface area contributed by atoms with E-state index in [-0.39, 0.29) is 16.6 Å². The lowest BCUT2D eigenvalue weighted by Gasteiger charge is -2.18. The average molecular weight is 456 g/mol. The zero-order chi connectivity index (χ0) is 23.0. The Balaban J connectivity index is 1.67. The van der Waals surface area contributed by atoms with Crippen molar-refractivity contribution in [1.29, 1.82) is 0 Å². The molecule has 1 aromatic carbocycles. The van der Waals surface area contributed by atoms with E-state index in [4.69, 9.17) is 0 Å². The van der Waals surface area contributed by atoms with Crippen LogP contribution in [0.3, 0.4) is 0 Å². The second kappa shape index (κ2) is 8.19. The number of halogens is 1. The minimum Gasteiger partial charge on any atom is -0.351 e. The molecule has 0 spiro atoms. The molecule has 0 aliphatic rings. The number of sulfone groups is 1. The minimum atomic E-state index is -3.36. The van der Waals surface area contributed by atoms with Gasteiger partial charge in [-0.25, -0.2) is 17.5 Å². The van der Waals surface area contributed by atoms with Gasteiger partial charge in [0.2, 0.25) is 0 Å². The number of carbonyl (C=O) groups excluding carboxylic acids is 1. The number of rotatable bonds is 6. The molecule has 1 amide bonds. The van der Waals surface area contributed by atoms with Gasteiger partial charge in [-0.2, -0.15) is 5.10 Å². The largest absolute Gasteiger partial charge is 0.351 e. The molecular formula is C22H22FN5O3S. The van der Waals surface area contributed by atoms with Gasteiger partial charge in [-0.15, -0.1) is 0 Å². The third-order valence-electron chi connectivity index (χ3n) is 5.33. The highest BCUT2D eigenvalue weighted by Gasteiger charge is 2.22. The Morgan fingerprint density at radius 3 is 2.53 bits per heavy atom. The smallest absolute Gasteiger partial charge is 0.254 e. The van der Waals surface area contributed by atoms with E-state index >= 15 is 0 Å². The highest BCUT2D eigenvalue weighted by molar-refractivity contribution is 7.90. The number of carbonyl (C=O) groups is 1. The van der Waals surface area contributed by atoms with Crippen LogP contribution in [-0.2, 0) is 16.9 Å². The molecule has 4 aromatic rings. The number of nitrogens with zero attached hydrogens (tertiary/aromatic N) is 4. The summed E-state index contributed by atoms with van der Waals surface area (Å²) in [6.07, 6.45) is 7.88. The van der Waals surface area contributed by atoms with Crippen molar-refractivity contribution in [1.82, 2.24) is 24.6 Å². The fourth-order valence-corrected chi connectivity index (χ4v) is 4.32. The van der Waals surface area contributed by atoms with Crippen LogP contribution in [0.25, 0.3) is 16.6 Å². The first kappa shape index (κ1) is 21.7. The number of hydrogen-bond acceptors (Lipinski definition) is 5. The van der Waals surface area contributed by atoms with Crippen LogP contribution in [0, 0.1) is 5.82 Å². The third kappa shape index (κ3) is 4.01. The maximum Gasteiger partial charge on any atom is 0.254 e. The molecule has 4 rings (SSSR count). The molecule has 32 heavy (non-hydrogen) atoms. The summed E-state index contributed by atoms with van der Waals surface area (Å²) in [5.74, 6) is -0.704. The van der Waals surface area contributed by atoms with Crippen LogP contribution in [0.5, 0.6) is 0 Å². The SMILES string of the molecule is CC[C@@H](NC(=O)c1cncc2c1cnn2-c1ccc(F)cc1)c1cc(S(C)(=O)=O)cn1C. The predicted molar refractivity (Wildman–Crippen MR) is 118 cm³/mol. The molecule has 0 bridgehead atoms. The number of hydrogen-bond donors (Lipinski definition) is 1. The number of amides is 1. The second-order valence-electron chi connectivity index (χ2n) is 7.57. The Labute approximate surface area is 184 Å². The topological polar surface area (TPSA) is 98.9 Å². The molecule has 3 heterocycles. The van der Waals surface area contributed by atoms with Gasteiger partial charge in [-0.3, -0.25) is 9.78 Å². The van der Waals surface area contributed by atoms with Gasteiger partial charge in [0.25, 0.3) is 5.91 Å². The van der Waals surface area contributed by atoms with Crippen LogP contribution in [0.15, 0.2) is 60.0 Å². The number of aryl methyl sites for hydroxylation is 1. The normalized spacial score (nSPS) is 12.8. The van der Waals surface area contributed by atoms with Gasteiger partial charge in [0.05, 0.1) is 40.1 Å². The van der Waals surface area contributed by atoms with E-state index in [2.05, 4.69) is 15.4 Å². The molecule has 166 valence electrons. The molecule has 0 fully saturated rings. The molecule has 3 aromatic heterocycles. The van der Waals surface area contributed by atoms with Crippen molar-refractivity contribution in [3.05, 3.63) is 72.2 Å². The van der Waals surface area contributed by atoms with E-state index in [1.807, 2.05) is 6.92 Å². The van der Waals surface area contributed by atoms with Crippen molar-refractivity contribution in [2.45, 2.75) is 24.3 Å². The molecule has 0 unspecified atom stereocenters. The average Bonchev–Trinajstić information content (AvgIpc) is 3.36. The van der Waals surface area contributed by atoms with Crippen molar-refractivity contribution >= 4 is 26.6 Å². The Kier molecular flexibility index (Phi) is 5.55. The van der Waals surface area contributed by atoms with E-state index in [1.54, 1.807) is 46.9 Å². The molecule has 10 heteroatoms. The number of pyridine rings is 1. The lowest BCUT2D eigenvalue weighted by Crippen LogP contribution is -2.29. The molecule has 0 saturated carbocycles. The molecule has 0 aliphatic carbocycles. The quantitative estimate of drug-likeness (QED) is 0.481. The van der Waals surface area contributed by atoms with Gasteiger partial charge < -0.3 is 9.88 Å². The number of nitrogens with one attached hydrogen (secondary N) is 1. The standard InChI is InChI=1S/C22H22FN5O3S/c1-4-19(20-9-16(13-27(20)2)32(3,30)31)26-22(29)18-10-24-12-21-17(18)11-25-28(21)15-7-5-14(23)6-8-15/h5-13,19H,4H2,1-3H3,(H,26,29)/t19-/m1/s1. The van der Waals surface area contributed by atoms with Crippen LogP contribution in [0.4, 0.5) is 4.39 Å². The van der Waals surface area contributed by atoms with Gasteiger partial charge in [0.1, 0.15) is 5.82 Å². The van der Waals surface area contributed by atoms with Crippen LogP contribution in [0.1, 0.15) is 35.4 Å². The van der Waals surface area contributed by atoms with Crippen LogP contribution in [0.2, 0.25) is 0 Å². The first-order valence-corrected chi connectivity index (χ1v) is 11.8. The second-order valence-corrected chi connectivity index (χ2v) is 9.59. The Hall–Kier alpha value is -3.53. The van der Waals surface area contributed by atoms with Crippen LogP contribution >= 0.6 is 0 Å². The van der Waals surface area contributed by atoms with E-state index < -0.39 is 15.9 Å². The van der Waals surface area contributed by atoms with Crippen molar-refractivity contribution in [3.8, 4) is 5.69 Å². The van der Waals surface area contributed by atoms with Crippen LogP contribution in [-0.4, -0.2) is 39.9 Å². The Morgan fingerprint density at radius 1 is 1.19 bits per heavy atom. The lowest BCUT2D eigenvalue weighted by molar-refractivity contribution is 0.0935. The van der Waals surface area contributed by atoms with Gasteiger partial charge in [-0.05, 0) is 36.8 Å².